The van der Waals surface area contributed by atoms with Gasteiger partial charge in [-0.3, -0.25) is 0 Å². The van der Waals surface area contributed by atoms with Crippen LogP contribution in [0.5, 0.6) is 11.6 Å². The highest BCUT2D eigenvalue weighted by Crippen LogP contribution is 2.36. The zero-order chi connectivity index (χ0) is 19.1. The van der Waals surface area contributed by atoms with Gasteiger partial charge in [-0.2, -0.15) is 0 Å². The molecule has 5 nitrogen and oxygen atoms in total. The Morgan fingerprint density at radius 3 is 2.58 bits per heavy atom. The van der Waals surface area contributed by atoms with Gasteiger partial charge >= 0.3 is 0 Å². The molecule has 6 heteroatoms. The number of methoxy groups -OCH3 is 1. The third-order valence-corrected chi connectivity index (χ3v) is 5.36. The second-order valence-corrected chi connectivity index (χ2v) is 6.96. The summed E-state index contributed by atoms with van der Waals surface area (Å²) in [5.41, 5.74) is 6.18. The first kappa shape index (κ1) is 20.7. The third-order valence-electron chi connectivity index (χ3n) is 5.06. The summed E-state index contributed by atoms with van der Waals surface area (Å²) in [6.45, 7) is 2.16. The molecule has 1 aliphatic carbocycles. The number of rotatable bonds is 5. The molecule has 144 valence electrons. The van der Waals surface area contributed by atoms with Crippen LogP contribution in [0.25, 0.3) is 10.8 Å². The van der Waals surface area contributed by atoms with Crippen molar-refractivity contribution in [2.75, 3.05) is 14.2 Å². The summed E-state index contributed by atoms with van der Waals surface area (Å²) in [5.74, 6) is 1.94. The highest BCUT2D eigenvalue weighted by Gasteiger charge is 2.26. The predicted octanol–water partition coefficient (Wildman–Crippen LogP) is 4.18. The number of aromatic nitrogens is 1. The summed E-state index contributed by atoms with van der Waals surface area (Å²) in [5, 5.41) is 9.51. The van der Waals surface area contributed by atoms with Gasteiger partial charge in [0, 0.05) is 24.7 Å². The maximum absolute atomic E-state index is 7.00. The van der Waals surface area contributed by atoms with Crippen LogP contribution in [0.2, 0.25) is 5.02 Å². The van der Waals surface area contributed by atoms with Crippen LogP contribution >= 0.6 is 11.6 Å². The van der Waals surface area contributed by atoms with Gasteiger partial charge in [0.2, 0.25) is 5.88 Å². The van der Waals surface area contributed by atoms with Crippen molar-refractivity contribution in [1.82, 2.24) is 4.98 Å². The first-order chi connectivity index (χ1) is 12.6. The minimum absolute atomic E-state index is 0.212. The number of hydrogen-bond acceptors (Lipinski definition) is 5. The molecule has 1 atom stereocenters. The van der Waals surface area contributed by atoms with Crippen LogP contribution < -0.4 is 15.2 Å². The molecule has 0 amide bonds. The molecular weight excluding hydrogens is 352 g/mol. The van der Waals surface area contributed by atoms with Gasteiger partial charge in [-0.15, -0.1) is 0 Å². The minimum atomic E-state index is 0.212. The van der Waals surface area contributed by atoms with E-state index in [1.165, 1.54) is 0 Å². The average Bonchev–Trinajstić information content (AvgIpc) is 2.69. The summed E-state index contributed by atoms with van der Waals surface area (Å²) in [4.78, 5) is 4.21. The normalized spacial score (nSPS) is 20.8. The fourth-order valence-electron chi connectivity index (χ4n) is 3.55. The number of benzene rings is 1. The maximum Gasteiger partial charge on any atom is 0.221 e. The third kappa shape index (κ3) is 4.78. The van der Waals surface area contributed by atoms with Gasteiger partial charge in [-0.1, -0.05) is 18.5 Å². The van der Waals surface area contributed by atoms with Crippen molar-refractivity contribution in [3.8, 4) is 11.6 Å². The zero-order valence-corrected chi connectivity index (χ0v) is 16.5. The van der Waals surface area contributed by atoms with E-state index in [1.54, 1.807) is 13.3 Å². The lowest BCUT2D eigenvalue weighted by molar-refractivity contribution is 0.122. The summed E-state index contributed by atoms with van der Waals surface area (Å²) in [6.07, 6.45) is 7.31. The molecule has 0 spiro atoms. The fourth-order valence-corrected chi connectivity index (χ4v) is 3.76. The molecule has 0 bridgehead atoms. The van der Waals surface area contributed by atoms with Crippen LogP contribution in [0.4, 0.5) is 0 Å². The zero-order valence-electron chi connectivity index (χ0n) is 15.7. The van der Waals surface area contributed by atoms with Gasteiger partial charge in [-0.05, 0) is 61.6 Å². The molecule has 3 N–H and O–H groups in total. The highest BCUT2D eigenvalue weighted by atomic mass is 35.5. The van der Waals surface area contributed by atoms with Crippen LogP contribution in [0.3, 0.4) is 0 Å². The molecule has 1 aromatic heterocycles. The lowest BCUT2D eigenvalue weighted by atomic mass is 9.82. The first-order valence-corrected chi connectivity index (χ1v) is 9.49. The van der Waals surface area contributed by atoms with Crippen molar-refractivity contribution in [1.29, 1.82) is 0 Å². The number of aliphatic hydroxyl groups is 1. The van der Waals surface area contributed by atoms with Gasteiger partial charge in [0.25, 0.3) is 0 Å². The Balaban J connectivity index is 0.00000117. The largest absolute Gasteiger partial charge is 0.489 e. The minimum Gasteiger partial charge on any atom is -0.489 e. The number of fused-ring (bicyclic) bond motifs is 1. The number of aliphatic hydroxyl groups excluding tert-OH is 1. The average molecular weight is 381 g/mol. The second kappa shape index (κ2) is 9.95. The molecule has 2 aromatic rings. The van der Waals surface area contributed by atoms with Gasteiger partial charge in [0.05, 0.1) is 18.2 Å². The van der Waals surface area contributed by atoms with Gasteiger partial charge in [-0.25, -0.2) is 4.98 Å². The van der Waals surface area contributed by atoms with Gasteiger partial charge in [0.15, 0.2) is 0 Å². The Hall–Kier alpha value is -1.56. The van der Waals surface area contributed by atoms with E-state index in [2.05, 4.69) is 11.9 Å². The summed E-state index contributed by atoms with van der Waals surface area (Å²) < 4.78 is 11.5. The predicted molar refractivity (Wildman–Crippen MR) is 106 cm³/mol. The lowest BCUT2D eigenvalue weighted by Gasteiger charge is -2.32. The summed E-state index contributed by atoms with van der Waals surface area (Å²) >= 11 is 6.42. The van der Waals surface area contributed by atoms with Crippen molar-refractivity contribution < 1.29 is 14.6 Å². The Bertz CT molecular complexity index is 703. The molecule has 26 heavy (non-hydrogen) atoms. The highest BCUT2D eigenvalue weighted by molar-refractivity contribution is 6.33. The number of ether oxygens (including phenoxy) is 2. The second-order valence-electron chi connectivity index (χ2n) is 6.55. The standard InChI is InChI=1S/C19H25ClN2O2.CH4O/c1-3-17(21)12-4-6-14(7-5-12)24-18-10-13-8-9-22-19(23-2)15(13)11-16(18)20;1-2/h8-12,14,17H,3-7,21H2,1-2H3;2H,1H3. The SMILES string of the molecule is CCC(N)C1CCC(Oc2cc3ccnc(OC)c3cc2Cl)CC1.CO. The van der Waals surface area contributed by atoms with Crippen molar-refractivity contribution in [2.24, 2.45) is 11.7 Å². The van der Waals surface area contributed by atoms with Gasteiger partial charge in [0.1, 0.15) is 5.75 Å². The smallest absolute Gasteiger partial charge is 0.221 e. The number of pyridine rings is 1. The van der Waals surface area contributed by atoms with E-state index in [0.29, 0.717) is 22.9 Å². The molecule has 1 unspecified atom stereocenters. The molecule has 1 aliphatic rings. The van der Waals surface area contributed by atoms with E-state index < -0.39 is 0 Å². The van der Waals surface area contributed by atoms with Crippen molar-refractivity contribution in [3.05, 3.63) is 29.4 Å². The number of nitrogens with two attached hydrogens (primary N) is 1. The molecular formula is C20H29ClN2O3. The Labute approximate surface area is 160 Å². The quantitative estimate of drug-likeness (QED) is 0.813. The molecule has 0 aliphatic heterocycles. The van der Waals surface area contributed by atoms with E-state index in [4.69, 9.17) is 31.9 Å². The maximum atomic E-state index is 7.00. The topological polar surface area (TPSA) is 77.6 Å². The van der Waals surface area contributed by atoms with Crippen LogP contribution in [-0.2, 0) is 0 Å². The molecule has 1 aromatic carbocycles. The van der Waals surface area contributed by atoms with Crippen molar-refractivity contribution in [3.63, 3.8) is 0 Å². The van der Waals surface area contributed by atoms with E-state index in [9.17, 15) is 0 Å². The molecule has 0 saturated heterocycles. The first-order valence-electron chi connectivity index (χ1n) is 9.11. The van der Waals surface area contributed by atoms with E-state index >= 15 is 0 Å². The van der Waals surface area contributed by atoms with Gasteiger partial charge < -0.3 is 20.3 Å². The summed E-state index contributed by atoms with van der Waals surface area (Å²) in [7, 11) is 2.61. The number of halogens is 1. The van der Waals surface area contributed by atoms with E-state index in [-0.39, 0.29) is 6.10 Å². The Morgan fingerprint density at radius 2 is 1.96 bits per heavy atom. The lowest BCUT2D eigenvalue weighted by Crippen LogP contribution is -2.35. The Morgan fingerprint density at radius 1 is 1.27 bits per heavy atom. The van der Waals surface area contributed by atoms with E-state index in [0.717, 1.165) is 55.7 Å². The molecule has 1 heterocycles. The van der Waals surface area contributed by atoms with E-state index in [1.807, 2.05) is 18.2 Å². The fraction of sp³-hybridized carbons (Fsp3) is 0.550. The molecule has 1 saturated carbocycles. The number of nitrogens with zero attached hydrogens (tertiary/aromatic N) is 1. The number of hydrogen-bond donors (Lipinski definition) is 2. The van der Waals surface area contributed by atoms with Crippen LogP contribution in [0, 0.1) is 5.92 Å². The van der Waals surface area contributed by atoms with Crippen molar-refractivity contribution >= 4 is 22.4 Å². The molecule has 1 fully saturated rings. The van der Waals surface area contributed by atoms with Crippen LogP contribution in [0.15, 0.2) is 24.4 Å². The monoisotopic (exact) mass is 380 g/mol. The molecule has 3 rings (SSSR count). The van der Waals surface area contributed by atoms with Crippen molar-refractivity contribution in [2.45, 2.75) is 51.2 Å². The van der Waals surface area contributed by atoms with Crippen LogP contribution in [0.1, 0.15) is 39.0 Å². The van der Waals surface area contributed by atoms with Crippen LogP contribution in [-0.4, -0.2) is 36.5 Å². The molecule has 0 radical (unpaired) electrons. The summed E-state index contributed by atoms with van der Waals surface area (Å²) in [6, 6.07) is 6.11. The Kier molecular flexibility index (Phi) is 7.94.